The molecule has 0 fully saturated rings. The summed E-state index contributed by atoms with van der Waals surface area (Å²) < 4.78 is 0. The van der Waals surface area contributed by atoms with Gasteiger partial charge in [0, 0.05) is 17.9 Å². The van der Waals surface area contributed by atoms with Gasteiger partial charge in [0.25, 0.3) is 0 Å². The van der Waals surface area contributed by atoms with Gasteiger partial charge in [-0.3, -0.25) is 4.79 Å². The van der Waals surface area contributed by atoms with Crippen LogP contribution < -0.4 is 5.73 Å². The fourth-order valence-electron chi connectivity index (χ4n) is 0.530. The van der Waals surface area contributed by atoms with Gasteiger partial charge in [-0.15, -0.1) is 11.8 Å². The summed E-state index contributed by atoms with van der Waals surface area (Å²) in [6.45, 7) is 1.79. The molecule has 0 aromatic heterocycles. The molecule has 0 aromatic rings. The van der Waals surface area contributed by atoms with Crippen LogP contribution in [0.3, 0.4) is 0 Å². The lowest BCUT2D eigenvalue weighted by molar-refractivity contribution is -0.137. The summed E-state index contributed by atoms with van der Waals surface area (Å²) in [5, 5.41) is 8.42. The van der Waals surface area contributed by atoms with Crippen LogP contribution in [0, 0.1) is 11.8 Å². The van der Waals surface area contributed by atoms with Gasteiger partial charge in [-0.25, -0.2) is 0 Å². The maximum absolute atomic E-state index is 10.3. The molecule has 0 bridgehead atoms. The first-order valence-corrected chi connectivity index (χ1v) is 4.79. The normalized spacial score (nSPS) is 11.5. The fourth-order valence-corrected chi connectivity index (χ4v) is 1.34. The number of nitrogens with two attached hydrogens (primary N) is 1. The van der Waals surface area contributed by atoms with Gasteiger partial charge < -0.3 is 10.8 Å². The van der Waals surface area contributed by atoms with E-state index in [1.165, 1.54) is 11.8 Å². The van der Waals surface area contributed by atoms with Crippen molar-refractivity contribution in [3.63, 3.8) is 0 Å². The van der Waals surface area contributed by atoms with Crippen LogP contribution in [0.2, 0.25) is 0 Å². The van der Waals surface area contributed by atoms with Gasteiger partial charge in [-0.05, 0) is 6.92 Å². The second kappa shape index (κ2) is 7.01. The Morgan fingerprint density at radius 3 is 2.92 bits per heavy atom. The molecule has 0 aliphatic rings. The molecule has 0 heterocycles. The summed E-state index contributed by atoms with van der Waals surface area (Å²) in [6.07, 6.45) is 0.799. The van der Waals surface area contributed by atoms with E-state index in [1.54, 1.807) is 6.92 Å². The number of carbonyl (C=O) groups is 1. The van der Waals surface area contributed by atoms with Crippen LogP contribution in [0.1, 0.15) is 13.3 Å². The highest BCUT2D eigenvalue weighted by molar-refractivity contribution is 7.99. The van der Waals surface area contributed by atoms with E-state index in [9.17, 15) is 4.79 Å². The van der Waals surface area contributed by atoms with Gasteiger partial charge in [0.15, 0.2) is 0 Å². The van der Waals surface area contributed by atoms with Gasteiger partial charge in [-0.2, -0.15) is 11.8 Å². The Labute approximate surface area is 76.7 Å². The summed E-state index contributed by atoms with van der Waals surface area (Å²) in [7, 11) is 0. The van der Waals surface area contributed by atoms with Crippen molar-refractivity contribution in [2.45, 2.75) is 19.4 Å². The first-order valence-electron chi connectivity index (χ1n) is 3.64. The first-order chi connectivity index (χ1) is 5.68. The average molecular weight is 187 g/mol. The lowest BCUT2D eigenvalue weighted by atomic mass is 10.4. The molecule has 0 radical (unpaired) electrons. The molecule has 0 rings (SSSR count). The largest absolute Gasteiger partial charge is 0.480 e. The first kappa shape index (κ1) is 11.3. The minimum Gasteiger partial charge on any atom is -0.480 e. The molecule has 0 spiro atoms. The predicted molar refractivity (Wildman–Crippen MR) is 51.0 cm³/mol. The molecule has 0 aromatic carbocycles. The molecule has 1 atom stereocenters. The van der Waals surface area contributed by atoms with E-state index in [0.717, 1.165) is 12.2 Å². The predicted octanol–water partition coefficient (Wildman–Crippen LogP) is 0.545. The van der Waals surface area contributed by atoms with E-state index < -0.39 is 12.0 Å². The monoisotopic (exact) mass is 187 g/mol. The molecule has 3 N–H and O–H groups in total. The van der Waals surface area contributed by atoms with Gasteiger partial charge in [-0.1, -0.05) is 0 Å². The molecule has 0 aliphatic carbocycles. The number of hydrogen-bond donors (Lipinski definition) is 2. The quantitative estimate of drug-likeness (QED) is 0.487. The summed E-state index contributed by atoms with van der Waals surface area (Å²) in [6, 6.07) is -0.746. The van der Waals surface area contributed by atoms with Crippen LogP contribution in [-0.4, -0.2) is 28.6 Å². The van der Waals surface area contributed by atoms with Crippen molar-refractivity contribution in [3.8, 4) is 11.8 Å². The Hall–Kier alpha value is -0.660. The maximum atomic E-state index is 10.3. The van der Waals surface area contributed by atoms with Crippen LogP contribution in [0.25, 0.3) is 0 Å². The Morgan fingerprint density at radius 2 is 2.42 bits per heavy atom. The van der Waals surface area contributed by atoms with Gasteiger partial charge in [0.2, 0.25) is 0 Å². The van der Waals surface area contributed by atoms with Crippen molar-refractivity contribution < 1.29 is 9.90 Å². The summed E-state index contributed by atoms with van der Waals surface area (Å²) in [5.41, 5.74) is 5.27. The number of carboxylic acid groups (broad SMARTS) is 1. The fraction of sp³-hybridized carbons (Fsp3) is 0.625. The molecule has 0 aliphatic heterocycles. The molecule has 0 saturated carbocycles. The smallest absolute Gasteiger partial charge is 0.321 e. The van der Waals surface area contributed by atoms with Gasteiger partial charge >= 0.3 is 5.97 Å². The Kier molecular flexibility index (Phi) is 6.63. The molecule has 3 nitrogen and oxygen atoms in total. The van der Waals surface area contributed by atoms with Crippen molar-refractivity contribution in [1.82, 2.24) is 0 Å². The molecule has 4 heteroatoms. The third-order valence-corrected chi connectivity index (χ3v) is 2.25. The van der Waals surface area contributed by atoms with Crippen molar-refractivity contribution in [1.29, 1.82) is 0 Å². The number of carboxylic acids is 1. The lowest BCUT2D eigenvalue weighted by Gasteiger charge is -2.03. The van der Waals surface area contributed by atoms with Gasteiger partial charge in [0.1, 0.15) is 6.04 Å². The zero-order chi connectivity index (χ0) is 9.40. The molecular formula is C8H13NO2S. The van der Waals surface area contributed by atoms with Crippen LogP contribution >= 0.6 is 11.8 Å². The van der Waals surface area contributed by atoms with Crippen molar-refractivity contribution in [2.75, 3.05) is 11.5 Å². The van der Waals surface area contributed by atoms with Crippen LogP contribution in [0.15, 0.2) is 0 Å². The molecular weight excluding hydrogens is 174 g/mol. The van der Waals surface area contributed by atoms with Crippen LogP contribution in [0.5, 0.6) is 0 Å². The molecule has 68 valence electrons. The highest BCUT2D eigenvalue weighted by Gasteiger charge is 2.09. The second-order valence-electron chi connectivity index (χ2n) is 2.20. The van der Waals surface area contributed by atoms with Crippen molar-refractivity contribution >= 4 is 17.7 Å². The average Bonchev–Trinajstić information content (AvgIpc) is 2.03. The van der Waals surface area contributed by atoms with E-state index in [0.29, 0.717) is 5.75 Å². The SMILES string of the molecule is CC#CCCSC[C@@H](N)C(=O)O. The lowest BCUT2D eigenvalue weighted by Crippen LogP contribution is -2.32. The highest BCUT2D eigenvalue weighted by Crippen LogP contribution is 2.03. The number of aliphatic carboxylic acids is 1. The Morgan fingerprint density at radius 1 is 1.75 bits per heavy atom. The zero-order valence-electron chi connectivity index (χ0n) is 7.04. The molecule has 12 heavy (non-hydrogen) atoms. The minimum absolute atomic E-state index is 0.459. The van der Waals surface area contributed by atoms with Crippen LogP contribution in [-0.2, 0) is 4.79 Å². The van der Waals surface area contributed by atoms with Crippen molar-refractivity contribution in [3.05, 3.63) is 0 Å². The van der Waals surface area contributed by atoms with E-state index in [-0.39, 0.29) is 0 Å². The summed E-state index contributed by atoms with van der Waals surface area (Å²) in [4.78, 5) is 10.3. The van der Waals surface area contributed by atoms with E-state index in [2.05, 4.69) is 11.8 Å². The van der Waals surface area contributed by atoms with E-state index in [4.69, 9.17) is 10.8 Å². The molecule has 0 unspecified atom stereocenters. The zero-order valence-corrected chi connectivity index (χ0v) is 7.86. The van der Waals surface area contributed by atoms with Gasteiger partial charge in [0.05, 0.1) is 0 Å². The third kappa shape index (κ3) is 6.08. The maximum Gasteiger partial charge on any atom is 0.321 e. The Bertz CT molecular complexity index is 195. The van der Waals surface area contributed by atoms with Crippen molar-refractivity contribution in [2.24, 2.45) is 5.73 Å². The third-order valence-electron chi connectivity index (χ3n) is 1.16. The highest BCUT2D eigenvalue weighted by atomic mass is 32.2. The molecule has 0 amide bonds. The summed E-state index contributed by atoms with van der Waals surface area (Å²) >= 11 is 1.52. The van der Waals surface area contributed by atoms with Crippen LogP contribution in [0.4, 0.5) is 0 Å². The molecule has 0 saturated heterocycles. The number of hydrogen-bond acceptors (Lipinski definition) is 3. The standard InChI is InChI=1S/C8H13NO2S/c1-2-3-4-5-12-6-7(9)8(10)11/h7H,4-6,9H2,1H3,(H,10,11)/t7-/m1/s1. The number of thioether (sulfide) groups is 1. The Balaban J connectivity index is 3.29. The number of rotatable bonds is 5. The minimum atomic E-state index is -0.941. The second-order valence-corrected chi connectivity index (χ2v) is 3.35. The van der Waals surface area contributed by atoms with E-state index in [1.807, 2.05) is 0 Å². The topological polar surface area (TPSA) is 63.3 Å². The summed E-state index contributed by atoms with van der Waals surface area (Å²) in [5.74, 6) is 6.03. The van der Waals surface area contributed by atoms with E-state index >= 15 is 0 Å².